The largest absolute Gasteiger partial charge is 0.480 e. The lowest BCUT2D eigenvalue weighted by atomic mass is 10.1. The van der Waals surface area contributed by atoms with Gasteiger partial charge in [-0.1, -0.05) is 0 Å². The first-order valence-electron chi connectivity index (χ1n) is 8.93. The molecule has 0 aliphatic heterocycles. The van der Waals surface area contributed by atoms with Crippen LogP contribution in [0.3, 0.4) is 0 Å². The fraction of sp³-hybridized carbons (Fsp3) is 0.750. The molecule has 3 amide bonds. The van der Waals surface area contributed by atoms with Crippen LogP contribution in [0.25, 0.3) is 0 Å². The summed E-state index contributed by atoms with van der Waals surface area (Å²) >= 11 is 0. The van der Waals surface area contributed by atoms with Crippen molar-refractivity contribution < 1.29 is 34.5 Å². The Morgan fingerprint density at radius 1 is 0.929 bits per heavy atom. The lowest BCUT2D eigenvalue weighted by Gasteiger charge is -2.24. The van der Waals surface area contributed by atoms with Crippen molar-refractivity contribution in [3.63, 3.8) is 0 Å². The summed E-state index contributed by atoms with van der Waals surface area (Å²) in [5.41, 5.74) is 11.0. The van der Waals surface area contributed by atoms with Gasteiger partial charge < -0.3 is 42.7 Å². The van der Waals surface area contributed by atoms with Crippen molar-refractivity contribution in [1.82, 2.24) is 16.0 Å². The maximum atomic E-state index is 12.5. The van der Waals surface area contributed by atoms with Crippen molar-refractivity contribution in [2.24, 2.45) is 11.5 Å². The highest BCUT2D eigenvalue weighted by molar-refractivity contribution is 5.94. The summed E-state index contributed by atoms with van der Waals surface area (Å²) < 4.78 is 0. The highest BCUT2D eigenvalue weighted by Gasteiger charge is 2.29. The number of carboxylic acid groups (broad SMARTS) is 1. The van der Waals surface area contributed by atoms with Gasteiger partial charge in [0, 0.05) is 0 Å². The minimum absolute atomic E-state index is 0.187. The molecule has 5 unspecified atom stereocenters. The van der Waals surface area contributed by atoms with Gasteiger partial charge in [-0.3, -0.25) is 19.2 Å². The van der Waals surface area contributed by atoms with E-state index in [1.54, 1.807) is 0 Å². The zero-order valence-corrected chi connectivity index (χ0v) is 16.1. The molecule has 28 heavy (non-hydrogen) atoms. The molecule has 0 aromatic carbocycles. The number of aliphatic carboxylic acids is 1. The number of aliphatic hydroxyl groups excluding tert-OH is 2. The molecule has 0 aliphatic carbocycles. The zero-order chi connectivity index (χ0) is 21.9. The Morgan fingerprint density at radius 3 is 1.93 bits per heavy atom. The molecule has 10 N–H and O–H groups in total. The first kappa shape index (κ1) is 25.7. The maximum absolute atomic E-state index is 12.5. The van der Waals surface area contributed by atoms with Crippen molar-refractivity contribution in [1.29, 1.82) is 0 Å². The van der Waals surface area contributed by atoms with E-state index in [4.69, 9.17) is 16.6 Å². The van der Waals surface area contributed by atoms with Gasteiger partial charge in [0.05, 0.1) is 12.7 Å². The van der Waals surface area contributed by atoms with Crippen molar-refractivity contribution in [3.05, 3.63) is 0 Å². The van der Waals surface area contributed by atoms with E-state index < -0.39 is 60.6 Å². The molecule has 0 aromatic rings. The number of hydrogen-bond donors (Lipinski definition) is 8. The minimum atomic E-state index is -1.41. The first-order valence-corrected chi connectivity index (χ1v) is 8.93. The molecule has 0 rings (SSSR count). The van der Waals surface area contributed by atoms with Crippen LogP contribution in [0.5, 0.6) is 0 Å². The Kier molecular flexibility index (Phi) is 11.9. The van der Waals surface area contributed by atoms with Crippen LogP contribution in [-0.2, 0) is 19.2 Å². The summed E-state index contributed by atoms with van der Waals surface area (Å²) in [6.45, 7) is 2.15. The number of nitrogens with one attached hydrogen (secondary N) is 3. The molecule has 5 atom stereocenters. The van der Waals surface area contributed by atoms with E-state index >= 15 is 0 Å². The van der Waals surface area contributed by atoms with Crippen LogP contribution in [0.4, 0.5) is 0 Å². The number of aliphatic hydroxyl groups is 2. The SMILES string of the molecule is CC(NC(=O)C(CO)NC(=O)C(CCCCN)NC(=O)C(N)C(C)O)C(=O)O. The van der Waals surface area contributed by atoms with E-state index in [-0.39, 0.29) is 6.42 Å². The molecule has 0 bridgehead atoms. The van der Waals surface area contributed by atoms with Gasteiger partial charge in [-0.15, -0.1) is 0 Å². The Balaban J connectivity index is 5.09. The predicted molar refractivity (Wildman–Crippen MR) is 98.7 cm³/mol. The average molecular weight is 405 g/mol. The number of carboxylic acids is 1. The third-order valence-electron chi connectivity index (χ3n) is 3.95. The summed E-state index contributed by atoms with van der Waals surface area (Å²) in [7, 11) is 0. The Bertz CT molecular complexity index is 543. The molecule has 0 aliphatic rings. The molecule has 0 aromatic heterocycles. The molecule has 12 heteroatoms. The monoisotopic (exact) mass is 405 g/mol. The van der Waals surface area contributed by atoms with Gasteiger partial charge in [-0.25, -0.2) is 0 Å². The number of amides is 3. The molecular weight excluding hydrogens is 374 g/mol. The number of nitrogens with two attached hydrogens (primary N) is 2. The maximum Gasteiger partial charge on any atom is 0.325 e. The lowest BCUT2D eigenvalue weighted by molar-refractivity contribution is -0.142. The topological polar surface area (TPSA) is 217 Å². The molecule has 0 radical (unpaired) electrons. The first-order chi connectivity index (χ1) is 13.0. The van der Waals surface area contributed by atoms with Crippen molar-refractivity contribution in [2.75, 3.05) is 13.2 Å². The number of rotatable bonds is 13. The van der Waals surface area contributed by atoms with Crippen LogP contribution in [0.2, 0.25) is 0 Å². The number of hydrogen-bond acceptors (Lipinski definition) is 8. The second-order valence-electron chi connectivity index (χ2n) is 6.42. The fourth-order valence-corrected chi connectivity index (χ4v) is 2.09. The van der Waals surface area contributed by atoms with Gasteiger partial charge in [-0.2, -0.15) is 0 Å². The Labute approximate surface area is 163 Å². The third-order valence-corrected chi connectivity index (χ3v) is 3.95. The van der Waals surface area contributed by atoms with Gasteiger partial charge in [0.25, 0.3) is 0 Å². The van der Waals surface area contributed by atoms with Crippen LogP contribution in [0.1, 0.15) is 33.1 Å². The smallest absolute Gasteiger partial charge is 0.325 e. The molecule has 0 saturated carbocycles. The van der Waals surface area contributed by atoms with Gasteiger partial charge in [-0.05, 0) is 39.7 Å². The van der Waals surface area contributed by atoms with E-state index in [9.17, 15) is 29.4 Å². The number of carbonyl (C=O) groups excluding carboxylic acids is 3. The van der Waals surface area contributed by atoms with Crippen LogP contribution in [0, 0.1) is 0 Å². The molecule has 162 valence electrons. The van der Waals surface area contributed by atoms with Gasteiger partial charge >= 0.3 is 5.97 Å². The number of unbranched alkanes of at least 4 members (excludes halogenated alkanes) is 1. The minimum Gasteiger partial charge on any atom is -0.480 e. The standard InChI is InChI=1S/C16H31N5O7/c1-8(16(27)28)19-14(25)11(7-22)21-13(24)10(5-3-4-6-17)20-15(26)12(18)9(2)23/h8-12,22-23H,3-7,17-18H2,1-2H3,(H,19,25)(H,20,26)(H,21,24)(H,27,28). The van der Waals surface area contributed by atoms with Crippen LogP contribution in [0.15, 0.2) is 0 Å². The lowest BCUT2D eigenvalue weighted by Crippen LogP contribution is -2.58. The molecule has 12 nitrogen and oxygen atoms in total. The zero-order valence-electron chi connectivity index (χ0n) is 16.1. The predicted octanol–water partition coefficient (Wildman–Crippen LogP) is -3.63. The fourth-order valence-electron chi connectivity index (χ4n) is 2.09. The summed E-state index contributed by atoms with van der Waals surface area (Å²) in [5.74, 6) is -3.69. The molecule has 0 saturated heterocycles. The normalized spacial score (nSPS) is 16.2. The van der Waals surface area contributed by atoms with Crippen LogP contribution < -0.4 is 27.4 Å². The summed E-state index contributed by atoms with van der Waals surface area (Å²) in [5, 5.41) is 34.4. The Morgan fingerprint density at radius 2 is 1.46 bits per heavy atom. The van der Waals surface area contributed by atoms with Gasteiger partial charge in [0.2, 0.25) is 17.7 Å². The highest BCUT2D eigenvalue weighted by Crippen LogP contribution is 2.03. The quantitative estimate of drug-likeness (QED) is 0.142. The molecular formula is C16H31N5O7. The second kappa shape index (κ2) is 13.0. The van der Waals surface area contributed by atoms with E-state index in [1.807, 2.05) is 0 Å². The van der Waals surface area contributed by atoms with E-state index in [1.165, 1.54) is 13.8 Å². The Hall–Kier alpha value is -2.28. The van der Waals surface area contributed by atoms with Gasteiger partial charge in [0.15, 0.2) is 0 Å². The number of carbonyl (C=O) groups is 4. The highest BCUT2D eigenvalue weighted by atomic mass is 16.4. The van der Waals surface area contributed by atoms with Crippen LogP contribution in [-0.4, -0.2) is 82.4 Å². The summed E-state index contributed by atoms with van der Waals surface area (Å²) in [4.78, 5) is 47.4. The summed E-state index contributed by atoms with van der Waals surface area (Å²) in [6, 6.07) is -4.96. The molecule has 0 heterocycles. The van der Waals surface area contributed by atoms with Crippen LogP contribution >= 0.6 is 0 Å². The van der Waals surface area contributed by atoms with Gasteiger partial charge in [0.1, 0.15) is 24.2 Å². The molecule has 0 spiro atoms. The average Bonchev–Trinajstić information content (AvgIpc) is 2.63. The van der Waals surface area contributed by atoms with Crippen molar-refractivity contribution >= 4 is 23.7 Å². The molecule has 0 fully saturated rings. The van der Waals surface area contributed by atoms with E-state index in [2.05, 4.69) is 16.0 Å². The van der Waals surface area contributed by atoms with Crippen molar-refractivity contribution in [3.8, 4) is 0 Å². The van der Waals surface area contributed by atoms with E-state index in [0.717, 1.165) is 0 Å². The van der Waals surface area contributed by atoms with E-state index in [0.29, 0.717) is 19.4 Å². The van der Waals surface area contributed by atoms with Crippen molar-refractivity contribution in [2.45, 2.75) is 63.4 Å². The third kappa shape index (κ3) is 9.08. The summed E-state index contributed by atoms with van der Waals surface area (Å²) in [6.07, 6.45) is 0.126. The second-order valence-corrected chi connectivity index (χ2v) is 6.42.